The molecule has 0 amide bonds. The summed E-state index contributed by atoms with van der Waals surface area (Å²) in [5.41, 5.74) is 22.2. The molecule has 1 aliphatic rings. The molecule has 1 aliphatic carbocycles. The van der Waals surface area contributed by atoms with Crippen LogP contribution in [0.5, 0.6) is 0 Å². The minimum Gasteiger partial charge on any atom is -0.310 e. The monoisotopic (exact) mass is 998 g/mol. The minimum atomic E-state index is -2.11. The molecule has 0 bridgehead atoms. The highest BCUT2D eigenvalue weighted by atomic mass is 28.4. The first-order valence-electron chi connectivity index (χ1n) is 26.4. The summed E-state index contributed by atoms with van der Waals surface area (Å²) in [6, 6.07) is 98.9. The van der Waals surface area contributed by atoms with E-state index in [1.165, 1.54) is 83.2 Å². The zero-order chi connectivity index (χ0) is 51.3. The summed E-state index contributed by atoms with van der Waals surface area (Å²) in [7, 11) is -4.22. The highest BCUT2D eigenvalue weighted by Gasteiger charge is 2.59. The van der Waals surface area contributed by atoms with Crippen molar-refractivity contribution >= 4 is 61.0 Å². The first-order valence-corrected chi connectivity index (χ1v) is 33.4. The average molecular weight is 999 g/mol. The third-order valence-electron chi connectivity index (χ3n) is 15.7. The molecule has 0 heterocycles. The molecular weight excluding hydrogens is 937 g/mol. The Hall–Kier alpha value is -8.29. The zero-order valence-corrected chi connectivity index (χ0v) is 45.8. The number of benzene rings is 11. The van der Waals surface area contributed by atoms with E-state index in [9.17, 15) is 0 Å². The van der Waals surface area contributed by atoms with Crippen LogP contribution in [0.1, 0.15) is 11.1 Å². The van der Waals surface area contributed by atoms with Gasteiger partial charge in [0.15, 0.2) is 0 Å². The SMILES string of the molecule is C[Si](C)(C)C1([Si](C)(C)C)c2cc(N(c3ccccc3)c3ccc(-c4ccccc4)cc3-c3ccccc3)ccc2-c2cc3ccc(N(c4ccccc4)c4ccc(-c5ccccc5)cc4-c4ccccc4)cc3cc21. The van der Waals surface area contributed by atoms with E-state index in [1.54, 1.807) is 0 Å². The Labute approximate surface area is 445 Å². The van der Waals surface area contributed by atoms with E-state index in [0.717, 1.165) is 28.4 Å². The van der Waals surface area contributed by atoms with Gasteiger partial charge in [-0.05, 0) is 145 Å². The number of hydrogen-bond donors (Lipinski definition) is 0. The van der Waals surface area contributed by atoms with E-state index >= 15 is 0 Å². The number of para-hydroxylation sites is 2. The lowest BCUT2D eigenvalue weighted by Crippen LogP contribution is -2.63. The lowest BCUT2D eigenvalue weighted by atomic mass is 9.95. The van der Waals surface area contributed by atoms with Crippen LogP contribution >= 0.6 is 0 Å². The van der Waals surface area contributed by atoms with Crippen LogP contribution < -0.4 is 9.80 Å². The predicted molar refractivity (Wildman–Crippen MR) is 328 cm³/mol. The second kappa shape index (κ2) is 19.2. The summed E-state index contributed by atoms with van der Waals surface area (Å²) in [6.07, 6.45) is 0. The summed E-state index contributed by atoms with van der Waals surface area (Å²) < 4.78 is -0.112. The smallest absolute Gasteiger partial charge is 0.0579 e. The molecule has 0 saturated carbocycles. The molecule has 0 unspecified atom stereocenters. The third-order valence-corrected chi connectivity index (χ3v) is 25.8. The van der Waals surface area contributed by atoms with Crippen LogP contribution in [0, 0.1) is 0 Å². The second-order valence-electron chi connectivity index (χ2n) is 22.2. The molecule has 0 spiro atoms. The lowest BCUT2D eigenvalue weighted by Gasteiger charge is -2.51. The number of hydrogen-bond acceptors (Lipinski definition) is 2. The van der Waals surface area contributed by atoms with Crippen molar-refractivity contribution < 1.29 is 0 Å². The maximum atomic E-state index is 2.63. The van der Waals surface area contributed by atoms with E-state index < -0.39 is 16.1 Å². The fraction of sp³-hybridized carbons (Fsp3) is 0.0986. The Kier molecular flexibility index (Phi) is 12.2. The summed E-state index contributed by atoms with van der Waals surface area (Å²) >= 11 is 0. The lowest BCUT2D eigenvalue weighted by molar-refractivity contribution is 0.953. The molecule has 75 heavy (non-hydrogen) atoms. The molecule has 12 rings (SSSR count). The molecule has 0 saturated heterocycles. The van der Waals surface area contributed by atoms with Crippen LogP contribution in [-0.4, -0.2) is 16.1 Å². The van der Waals surface area contributed by atoms with Crippen LogP contribution in [0.25, 0.3) is 66.4 Å². The second-order valence-corrected chi connectivity index (χ2v) is 33.2. The standard InChI is InChI=1S/C71H62N2Si2/c1-74(2,3)71(75(4,5)6)67-49-58-45-61(72(59-33-21-11-22-34-59)69-43-38-55(51-25-13-7-14-26-51)46-64(69)53-29-17-9-18-30-53)40-37-57(58)48-66(67)63-42-41-62(50-68(63)71)73(60-35-23-12-24-36-60)70-44-39-56(52-27-15-8-16-28-52)47-65(70)54-31-19-10-20-32-54/h7-50H,1-6H3. The van der Waals surface area contributed by atoms with E-state index in [-0.39, 0.29) is 4.66 Å². The van der Waals surface area contributed by atoms with Gasteiger partial charge in [0.25, 0.3) is 0 Å². The Bertz CT molecular complexity index is 3810. The molecule has 4 heteroatoms. The van der Waals surface area contributed by atoms with Crippen molar-refractivity contribution in [2.45, 2.75) is 43.9 Å². The summed E-state index contributed by atoms with van der Waals surface area (Å²) in [4.78, 5) is 4.97. The van der Waals surface area contributed by atoms with Crippen molar-refractivity contribution in [3.8, 4) is 55.6 Å². The zero-order valence-electron chi connectivity index (χ0n) is 43.8. The van der Waals surface area contributed by atoms with Crippen molar-refractivity contribution in [2.24, 2.45) is 0 Å². The first-order chi connectivity index (χ1) is 36.5. The van der Waals surface area contributed by atoms with Crippen molar-refractivity contribution in [3.63, 3.8) is 0 Å². The van der Waals surface area contributed by atoms with Gasteiger partial charge in [-0.25, -0.2) is 0 Å². The number of anilines is 6. The number of fused-ring (bicyclic) bond motifs is 4. The maximum absolute atomic E-state index is 2.63. The van der Waals surface area contributed by atoms with Crippen LogP contribution in [0.2, 0.25) is 39.3 Å². The van der Waals surface area contributed by atoms with E-state index in [0.29, 0.717) is 0 Å². The molecule has 11 aromatic carbocycles. The Morgan fingerprint density at radius 1 is 0.253 bits per heavy atom. The van der Waals surface area contributed by atoms with Gasteiger partial charge in [0.2, 0.25) is 0 Å². The van der Waals surface area contributed by atoms with Crippen LogP contribution in [-0.2, 0) is 4.66 Å². The van der Waals surface area contributed by atoms with Gasteiger partial charge in [-0.2, -0.15) is 0 Å². The molecule has 364 valence electrons. The number of nitrogens with zero attached hydrogens (tertiary/aromatic N) is 2. The Morgan fingerprint density at radius 2 is 0.640 bits per heavy atom. The summed E-state index contributed by atoms with van der Waals surface area (Å²) in [5.74, 6) is 0. The van der Waals surface area contributed by atoms with Crippen LogP contribution in [0.3, 0.4) is 0 Å². The van der Waals surface area contributed by atoms with E-state index in [4.69, 9.17) is 0 Å². The molecule has 11 aromatic rings. The Morgan fingerprint density at radius 3 is 1.08 bits per heavy atom. The molecule has 0 radical (unpaired) electrons. The minimum absolute atomic E-state index is 0.112. The van der Waals surface area contributed by atoms with Crippen molar-refractivity contribution in [1.29, 1.82) is 0 Å². The molecule has 0 aromatic heterocycles. The van der Waals surface area contributed by atoms with Gasteiger partial charge in [0, 0.05) is 38.5 Å². The van der Waals surface area contributed by atoms with Gasteiger partial charge in [-0.3, -0.25) is 0 Å². The quantitative estimate of drug-likeness (QED) is 0.113. The van der Waals surface area contributed by atoms with Gasteiger partial charge in [0.05, 0.1) is 27.5 Å². The van der Waals surface area contributed by atoms with Crippen LogP contribution in [0.4, 0.5) is 34.1 Å². The molecule has 0 N–H and O–H groups in total. The van der Waals surface area contributed by atoms with Gasteiger partial charge in [-0.1, -0.05) is 227 Å². The van der Waals surface area contributed by atoms with Crippen molar-refractivity contribution in [3.05, 3.63) is 278 Å². The molecular formula is C71H62N2Si2. The number of rotatable bonds is 12. The van der Waals surface area contributed by atoms with Crippen molar-refractivity contribution in [2.75, 3.05) is 9.80 Å². The van der Waals surface area contributed by atoms with Crippen molar-refractivity contribution in [1.82, 2.24) is 0 Å². The fourth-order valence-corrected chi connectivity index (χ4v) is 25.9. The van der Waals surface area contributed by atoms with Crippen LogP contribution in [0.15, 0.2) is 267 Å². The van der Waals surface area contributed by atoms with E-state index in [2.05, 4.69) is 316 Å². The van der Waals surface area contributed by atoms with Gasteiger partial charge < -0.3 is 9.80 Å². The molecule has 0 aliphatic heterocycles. The topological polar surface area (TPSA) is 6.48 Å². The highest BCUT2D eigenvalue weighted by Crippen LogP contribution is 2.60. The van der Waals surface area contributed by atoms with Gasteiger partial charge >= 0.3 is 0 Å². The predicted octanol–water partition coefficient (Wildman–Crippen LogP) is 20.5. The maximum Gasteiger partial charge on any atom is 0.0579 e. The fourth-order valence-electron chi connectivity index (χ4n) is 12.8. The largest absolute Gasteiger partial charge is 0.310 e. The highest BCUT2D eigenvalue weighted by molar-refractivity contribution is 6.99. The molecule has 0 atom stereocenters. The third kappa shape index (κ3) is 8.45. The average Bonchev–Trinajstić information content (AvgIpc) is 3.91. The van der Waals surface area contributed by atoms with Gasteiger partial charge in [-0.15, -0.1) is 0 Å². The molecule has 0 fully saturated rings. The molecule has 2 nitrogen and oxygen atoms in total. The van der Waals surface area contributed by atoms with E-state index in [1.807, 2.05) is 0 Å². The summed E-state index contributed by atoms with van der Waals surface area (Å²) in [6.45, 7) is 15.8. The summed E-state index contributed by atoms with van der Waals surface area (Å²) in [5, 5.41) is 2.52. The Balaban J connectivity index is 1.05. The van der Waals surface area contributed by atoms with Gasteiger partial charge in [0.1, 0.15) is 0 Å². The first kappa shape index (κ1) is 47.7. The normalized spacial score (nSPS) is 12.8.